The molecule has 1 unspecified atom stereocenters. The zero-order valence-corrected chi connectivity index (χ0v) is 11.4. The first-order valence-electron chi connectivity index (χ1n) is 7.46. The molecule has 2 N–H and O–H groups in total. The van der Waals surface area contributed by atoms with Crippen LogP contribution < -0.4 is 5.06 Å². The van der Waals surface area contributed by atoms with Gasteiger partial charge in [-0.1, -0.05) is 24.3 Å². The van der Waals surface area contributed by atoms with Gasteiger partial charge < -0.3 is 15.4 Å². The number of rotatable bonds is 0. The Morgan fingerprint density at radius 3 is 2.95 bits per heavy atom. The number of carbonyl (C=O) groups excluding carboxylic acids is 1. The van der Waals surface area contributed by atoms with Crippen LogP contribution in [0.1, 0.15) is 36.8 Å². The van der Waals surface area contributed by atoms with E-state index in [-0.39, 0.29) is 10.8 Å². The summed E-state index contributed by atoms with van der Waals surface area (Å²) in [5.41, 5.74) is 0.0893. The fourth-order valence-corrected chi connectivity index (χ4v) is 4.90. The topological polar surface area (TPSA) is 64.8 Å². The van der Waals surface area contributed by atoms with E-state index in [1.807, 2.05) is 24.3 Å². The Hall–Kier alpha value is -1.23. The average Bonchev–Trinajstić information content (AvgIpc) is 2.43. The van der Waals surface area contributed by atoms with Crippen molar-refractivity contribution in [1.29, 1.82) is 0 Å². The molecule has 1 heterocycles. The number of nitrogens with one attached hydrogen (secondary N) is 1. The summed E-state index contributed by atoms with van der Waals surface area (Å²) in [5, 5.41) is 23.7. The predicted octanol–water partition coefficient (Wildman–Crippen LogP) is 0.120. The first kappa shape index (κ1) is 12.5. The molecule has 1 aromatic rings. The second-order valence-electron chi connectivity index (χ2n) is 6.49. The van der Waals surface area contributed by atoms with Crippen LogP contribution in [0.15, 0.2) is 24.3 Å². The summed E-state index contributed by atoms with van der Waals surface area (Å²) in [4.78, 5) is 12.8. The Morgan fingerprint density at radius 2 is 2.10 bits per heavy atom. The van der Waals surface area contributed by atoms with Crippen LogP contribution in [-0.4, -0.2) is 29.1 Å². The standard InChI is InChI=1S/C16H19NO3/c18-14-6-3-7-16(19)13-10-11-4-1-2-5-12(11)15(14,16)8-9-17(13)20/h1-2,4-5,13,17,19H,3,6-10H2/t13-,15+,16-/m1/s1. The normalized spacial score (nSPS) is 42.8. The van der Waals surface area contributed by atoms with E-state index in [0.29, 0.717) is 38.6 Å². The molecule has 4 heteroatoms. The van der Waals surface area contributed by atoms with Crippen LogP contribution >= 0.6 is 0 Å². The molecule has 106 valence electrons. The highest BCUT2D eigenvalue weighted by Crippen LogP contribution is 2.53. The lowest BCUT2D eigenvalue weighted by molar-refractivity contribution is -0.894. The van der Waals surface area contributed by atoms with Crippen molar-refractivity contribution in [3.05, 3.63) is 40.6 Å². The van der Waals surface area contributed by atoms with Crippen molar-refractivity contribution in [3.8, 4) is 0 Å². The average molecular weight is 273 g/mol. The highest BCUT2D eigenvalue weighted by Gasteiger charge is 2.68. The molecular weight excluding hydrogens is 254 g/mol. The molecule has 0 amide bonds. The van der Waals surface area contributed by atoms with Crippen LogP contribution in [-0.2, 0) is 16.6 Å². The molecule has 4 atom stereocenters. The second-order valence-corrected chi connectivity index (χ2v) is 6.49. The Kier molecular flexibility index (Phi) is 2.44. The molecule has 1 saturated carbocycles. The van der Waals surface area contributed by atoms with Crippen molar-refractivity contribution < 1.29 is 15.0 Å². The molecule has 2 bridgehead atoms. The first-order chi connectivity index (χ1) is 9.59. The predicted molar refractivity (Wildman–Crippen MR) is 73.2 cm³/mol. The van der Waals surface area contributed by atoms with Crippen molar-refractivity contribution in [3.63, 3.8) is 0 Å². The molecule has 0 radical (unpaired) electrons. The van der Waals surface area contributed by atoms with E-state index in [2.05, 4.69) is 0 Å². The highest BCUT2D eigenvalue weighted by molar-refractivity contribution is 5.93. The van der Waals surface area contributed by atoms with Gasteiger partial charge >= 0.3 is 0 Å². The van der Waals surface area contributed by atoms with E-state index >= 15 is 0 Å². The van der Waals surface area contributed by atoms with Crippen LogP contribution in [0.4, 0.5) is 0 Å². The number of hydrogen-bond acceptors (Lipinski definition) is 3. The van der Waals surface area contributed by atoms with Gasteiger partial charge in [-0.2, -0.15) is 0 Å². The summed E-state index contributed by atoms with van der Waals surface area (Å²) < 4.78 is 0. The Bertz CT molecular complexity index is 587. The minimum atomic E-state index is -1.15. The van der Waals surface area contributed by atoms with Gasteiger partial charge in [0.15, 0.2) is 0 Å². The number of aliphatic hydroxyl groups is 1. The Labute approximate surface area is 118 Å². The van der Waals surface area contributed by atoms with Crippen molar-refractivity contribution >= 4 is 5.78 Å². The molecular formula is C16H19NO3. The van der Waals surface area contributed by atoms with Crippen LogP contribution in [0, 0.1) is 5.21 Å². The van der Waals surface area contributed by atoms with E-state index < -0.39 is 17.1 Å². The minimum absolute atomic E-state index is 0.132. The Balaban J connectivity index is 2.02. The number of fused-ring (bicyclic) bond motifs is 1. The monoisotopic (exact) mass is 273 g/mol. The van der Waals surface area contributed by atoms with Crippen molar-refractivity contribution in [2.75, 3.05) is 6.54 Å². The van der Waals surface area contributed by atoms with Crippen molar-refractivity contribution in [2.24, 2.45) is 0 Å². The maximum atomic E-state index is 12.8. The van der Waals surface area contributed by atoms with E-state index in [0.717, 1.165) is 11.1 Å². The maximum Gasteiger partial charge on any atom is 0.146 e. The number of carbonyl (C=O) groups is 1. The van der Waals surface area contributed by atoms with Gasteiger partial charge in [0.25, 0.3) is 0 Å². The van der Waals surface area contributed by atoms with Gasteiger partial charge in [-0.25, -0.2) is 0 Å². The Morgan fingerprint density at radius 1 is 1.30 bits per heavy atom. The molecule has 1 saturated heterocycles. The molecule has 4 nitrogen and oxygen atoms in total. The smallest absolute Gasteiger partial charge is 0.146 e. The van der Waals surface area contributed by atoms with E-state index in [1.165, 1.54) is 0 Å². The molecule has 2 aliphatic carbocycles. The quantitative estimate of drug-likeness (QED) is 0.660. The van der Waals surface area contributed by atoms with Crippen LogP contribution in [0.3, 0.4) is 0 Å². The first-order valence-corrected chi connectivity index (χ1v) is 7.46. The largest absolute Gasteiger partial charge is 0.634 e. The zero-order valence-electron chi connectivity index (χ0n) is 11.4. The van der Waals surface area contributed by atoms with Crippen molar-refractivity contribution in [2.45, 2.75) is 49.2 Å². The third kappa shape index (κ3) is 1.25. The lowest BCUT2D eigenvalue weighted by Crippen LogP contribution is -3.17. The molecule has 0 aromatic heterocycles. The number of ketones is 1. The van der Waals surface area contributed by atoms with Crippen LogP contribution in [0.5, 0.6) is 0 Å². The second kappa shape index (κ2) is 3.91. The molecule has 2 fully saturated rings. The van der Waals surface area contributed by atoms with Gasteiger partial charge in [0.2, 0.25) is 0 Å². The third-order valence-corrected chi connectivity index (χ3v) is 5.79. The lowest BCUT2D eigenvalue weighted by Gasteiger charge is -2.61. The van der Waals surface area contributed by atoms with Gasteiger partial charge in [-0.05, 0) is 24.0 Å². The number of benzene rings is 1. The number of Topliss-reactive ketones (excluding diaryl/α,β-unsaturated/α-hetero) is 1. The minimum Gasteiger partial charge on any atom is -0.634 e. The zero-order chi connectivity index (χ0) is 14.0. The van der Waals surface area contributed by atoms with Crippen LogP contribution in [0.25, 0.3) is 0 Å². The van der Waals surface area contributed by atoms with Gasteiger partial charge in [-0.3, -0.25) is 4.79 Å². The molecule has 1 aliphatic heterocycles. The summed E-state index contributed by atoms with van der Waals surface area (Å²) in [6.07, 6.45) is 2.86. The van der Waals surface area contributed by atoms with E-state index in [4.69, 9.17) is 0 Å². The lowest BCUT2D eigenvalue weighted by atomic mass is 9.49. The summed E-state index contributed by atoms with van der Waals surface area (Å²) in [5.74, 6) is 0.135. The van der Waals surface area contributed by atoms with Crippen molar-refractivity contribution in [1.82, 2.24) is 0 Å². The maximum absolute atomic E-state index is 12.8. The van der Waals surface area contributed by atoms with Gasteiger partial charge in [0.1, 0.15) is 17.4 Å². The van der Waals surface area contributed by atoms with E-state index in [9.17, 15) is 15.1 Å². The summed E-state index contributed by atoms with van der Waals surface area (Å²) in [6.45, 7) is 0.424. The summed E-state index contributed by atoms with van der Waals surface area (Å²) in [6, 6.07) is 7.48. The third-order valence-electron chi connectivity index (χ3n) is 5.79. The SMILES string of the molecule is O=C1CCC[C@@]2(O)[C@H]3Cc4ccccc4[C@@]12CC[NH+]3[O-]. The number of hydrogen-bond donors (Lipinski definition) is 2. The fraction of sp³-hybridized carbons (Fsp3) is 0.562. The fourth-order valence-electron chi connectivity index (χ4n) is 4.90. The summed E-state index contributed by atoms with van der Waals surface area (Å²) >= 11 is 0. The molecule has 1 aromatic carbocycles. The molecule has 3 aliphatic rings. The molecule has 4 rings (SSSR count). The van der Waals surface area contributed by atoms with Crippen LogP contribution in [0.2, 0.25) is 0 Å². The highest BCUT2D eigenvalue weighted by atomic mass is 16.5. The number of piperidine rings is 1. The molecule has 20 heavy (non-hydrogen) atoms. The number of quaternary nitrogens is 1. The van der Waals surface area contributed by atoms with Gasteiger partial charge in [-0.15, -0.1) is 0 Å². The van der Waals surface area contributed by atoms with E-state index in [1.54, 1.807) is 0 Å². The molecule has 0 spiro atoms. The van der Waals surface area contributed by atoms with Gasteiger partial charge in [0, 0.05) is 19.3 Å². The summed E-state index contributed by atoms with van der Waals surface area (Å²) in [7, 11) is 0. The number of hydroxylamine groups is 2. The van der Waals surface area contributed by atoms with Gasteiger partial charge in [0.05, 0.1) is 12.0 Å².